The SMILES string of the molecule is COC(=O)[C@@H]1CCN(C(=O)OC(C)(C)C)[C@@H]1C(C)C. The molecule has 1 heterocycles. The van der Waals surface area contributed by atoms with Crippen LogP contribution >= 0.6 is 0 Å². The molecule has 0 spiro atoms. The van der Waals surface area contributed by atoms with Crippen molar-refractivity contribution in [1.29, 1.82) is 0 Å². The minimum absolute atomic E-state index is 0.151. The first kappa shape index (κ1) is 15.8. The maximum atomic E-state index is 12.2. The third kappa shape index (κ3) is 3.85. The summed E-state index contributed by atoms with van der Waals surface area (Å²) in [6.45, 7) is 10.1. The molecule has 1 amide bonds. The Labute approximate surface area is 115 Å². The number of hydrogen-bond acceptors (Lipinski definition) is 4. The summed E-state index contributed by atoms with van der Waals surface area (Å²) in [5, 5.41) is 0. The zero-order valence-electron chi connectivity index (χ0n) is 12.7. The van der Waals surface area contributed by atoms with E-state index in [0.717, 1.165) is 0 Å². The molecule has 1 aliphatic heterocycles. The molecule has 1 aliphatic rings. The minimum Gasteiger partial charge on any atom is -0.469 e. The molecule has 0 aromatic heterocycles. The molecule has 0 radical (unpaired) electrons. The van der Waals surface area contributed by atoms with Crippen LogP contribution in [0.15, 0.2) is 0 Å². The van der Waals surface area contributed by atoms with Crippen molar-refractivity contribution in [2.45, 2.75) is 52.7 Å². The van der Waals surface area contributed by atoms with Gasteiger partial charge in [-0.3, -0.25) is 4.79 Å². The summed E-state index contributed by atoms with van der Waals surface area (Å²) < 4.78 is 10.2. The van der Waals surface area contributed by atoms with Gasteiger partial charge in [0.1, 0.15) is 5.60 Å². The fourth-order valence-electron chi connectivity index (χ4n) is 2.58. The maximum Gasteiger partial charge on any atom is 0.410 e. The predicted molar refractivity (Wildman–Crippen MR) is 71.7 cm³/mol. The van der Waals surface area contributed by atoms with Crippen LogP contribution in [0.5, 0.6) is 0 Å². The number of carbonyl (C=O) groups is 2. The number of nitrogens with zero attached hydrogens (tertiary/aromatic N) is 1. The smallest absolute Gasteiger partial charge is 0.410 e. The lowest BCUT2D eigenvalue weighted by molar-refractivity contribution is -0.146. The van der Waals surface area contributed by atoms with Crippen molar-refractivity contribution in [1.82, 2.24) is 4.90 Å². The van der Waals surface area contributed by atoms with Crippen molar-refractivity contribution in [2.75, 3.05) is 13.7 Å². The van der Waals surface area contributed by atoms with Gasteiger partial charge in [0.05, 0.1) is 19.1 Å². The van der Waals surface area contributed by atoms with Crippen LogP contribution in [0.25, 0.3) is 0 Å². The molecule has 2 atom stereocenters. The number of amides is 1. The van der Waals surface area contributed by atoms with Crippen LogP contribution in [-0.2, 0) is 14.3 Å². The highest BCUT2D eigenvalue weighted by atomic mass is 16.6. The number of methoxy groups -OCH3 is 1. The van der Waals surface area contributed by atoms with E-state index in [1.165, 1.54) is 7.11 Å². The van der Waals surface area contributed by atoms with Crippen LogP contribution in [0.2, 0.25) is 0 Å². The van der Waals surface area contributed by atoms with E-state index in [4.69, 9.17) is 9.47 Å². The zero-order chi connectivity index (χ0) is 14.8. The lowest BCUT2D eigenvalue weighted by Gasteiger charge is -2.32. The molecule has 0 aliphatic carbocycles. The molecule has 19 heavy (non-hydrogen) atoms. The predicted octanol–water partition coefficient (Wildman–Crippen LogP) is 2.44. The van der Waals surface area contributed by atoms with Crippen molar-refractivity contribution in [2.24, 2.45) is 11.8 Å². The minimum atomic E-state index is -0.526. The van der Waals surface area contributed by atoms with Gasteiger partial charge in [-0.2, -0.15) is 0 Å². The molecule has 110 valence electrons. The summed E-state index contributed by atoms with van der Waals surface area (Å²) in [5.41, 5.74) is -0.526. The molecular weight excluding hydrogens is 246 g/mol. The van der Waals surface area contributed by atoms with Crippen LogP contribution in [0.3, 0.4) is 0 Å². The third-order valence-corrected chi connectivity index (χ3v) is 3.27. The number of esters is 1. The molecule has 0 aromatic carbocycles. The van der Waals surface area contributed by atoms with E-state index in [-0.39, 0.29) is 29.9 Å². The summed E-state index contributed by atoms with van der Waals surface area (Å²) in [6, 6.07) is -0.151. The second-order valence-electron chi connectivity index (χ2n) is 6.33. The molecule has 0 saturated carbocycles. The Morgan fingerprint density at radius 1 is 1.26 bits per heavy atom. The Kier molecular flexibility index (Phi) is 4.82. The molecule has 0 unspecified atom stereocenters. The Hall–Kier alpha value is -1.26. The van der Waals surface area contributed by atoms with Gasteiger partial charge in [0.15, 0.2) is 0 Å². The fraction of sp³-hybridized carbons (Fsp3) is 0.857. The lowest BCUT2D eigenvalue weighted by Crippen LogP contribution is -2.45. The van der Waals surface area contributed by atoms with E-state index < -0.39 is 5.60 Å². The topological polar surface area (TPSA) is 55.8 Å². The molecule has 1 fully saturated rings. The van der Waals surface area contributed by atoms with E-state index in [1.807, 2.05) is 34.6 Å². The number of ether oxygens (including phenoxy) is 2. The average Bonchev–Trinajstić information content (AvgIpc) is 2.70. The average molecular weight is 271 g/mol. The summed E-state index contributed by atoms with van der Waals surface area (Å²) in [4.78, 5) is 25.6. The van der Waals surface area contributed by atoms with E-state index in [9.17, 15) is 9.59 Å². The largest absolute Gasteiger partial charge is 0.469 e. The molecular formula is C14H25NO4. The first-order valence-electron chi connectivity index (χ1n) is 6.75. The number of hydrogen-bond donors (Lipinski definition) is 0. The first-order valence-corrected chi connectivity index (χ1v) is 6.75. The summed E-state index contributed by atoms with van der Waals surface area (Å²) in [7, 11) is 1.38. The van der Waals surface area contributed by atoms with Crippen LogP contribution in [0, 0.1) is 11.8 Å². The van der Waals surface area contributed by atoms with Gasteiger partial charge in [0, 0.05) is 6.54 Å². The van der Waals surface area contributed by atoms with Gasteiger partial charge < -0.3 is 14.4 Å². The monoisotopic (exact) mass is 271 g/mol. The Morgan fingerprint density at radius 3 is 2.26 bits per heavy atom. The van der Waals surface area contributed by atoms with Crippen molar-refractivity contribution >= 4 is 12.1 Å². The molecule has 0 N–H and O–H groups in total. The van der Waals surface area contributed by atoms with Gasteiger partial charge >= 0.3 is 12.1 Å². The highest BCUT2D eigenvalue weighted by molar-refractivity contribution is 5.76. The van der Waals surface area contributed by atoms with Gasteiger partial charge in [0.25, 0.3) is 0 Å². The normalized spacial score (nSPS) is 23.6. The van der Waals surface area contributed by atoms with Crippen LogP contribution in [0.4, 0.5) is 4.79 Å². The van der Waals surface area contributed by atoms with Gasteiger partial charge in [-0.05, 0) is 33.1 Å². The molecule has 0 bridgehead atoms. The quantitative estimate of drug-likeness (QED) is 0.724. The van der Waals surface area contributed by atoms with Crippen molar-refractivity contribution in [3.63, 3.8) is 0 Å². The highest BCUT2D eigenvalue weighted by Crippen LogP contribution is 2.31. The second kappa shape index (κ2) is 5.80. The van der Waals surface area contributed by atoms with Crippen LogP contribution in [0.1, 0.15) is 41.0 Å². The van der Waals surface area contributed by atoms with E-state index >= 15 is 0 Å². The number of carbonyl (C=O) groups excluding carboxylic acids is 2. The zero-order valence-corrected chi connectivity index (χ0v) is 12.7. The summed E-state index contributed by atoms with van der Waals surface area (Å²) in [6.07, 6.45) is 0.284. The Morgan fingerprint density at radius 2 is 1.84 bits per heavy atom. The van der Waals surface area contributed by atoms with Gasteiger partial charge in [-0.1, -0.05) is 13.8 Å². The second-order valence-corrected chi connectivity index (χ2v) is 6.33. The number of rotatable bonds is 2. The van der Waals surface area contributed by atoms with E-state index in [0.29, 0.717) is 13.0 Å². The van der Waals surface area contributed by atoms with Crippen molar-refractivity contribution in [3.05, 3.63) is 0 Å². The van der Waals surface area contributed by atoms with E-state index in [1.54, 1.807) is 4.90 Å². The fourth-order valence-corrected chi connectivity index (χ4v) is 2.58. The third-order valence-electron chi connectivity index (χ3n) is 3.27. The molecule has 5 heteroatoms. The Bertz CT molecular complexity index is 346. The summed E-state index contributed by atoms with van der Waals surface area (Å²) in [5.74, 6) is -0.318. The lowest BCUT2D eigenvalue weighted by atomic mass is 9.91. The van der Waals surface area contributed by atoms with Gasteiger partial charge in [-0.25, -0.2) is 4.79 Å². The molecule has 0 aromatic rings. The highest BCUT2D eigenvalue weighted by Gasteiger charge is 2.44. The van der Waals surface area contributed by atoms with E-state index in [2.05, 4.69) is 0 Å². The molecule has 5 nitrogen and oxygen atoms in total. The van der Waals surface area contributed by atoms with Gasteiger partial charge in [-0.15, -0.1) is 0 Å². The van der Waals surface area contributed by atoms with Crippen LogP contribution in [-0.4, -0.2) is 42.3 Å². The number of likely N-dealkylation sites (tertiary alicyclic amines) is 1. The first-order chi connectivity index (χ1) is 8.67. The maximum absolute atomic E-state index is 12.2. The van der Waals surface area contributed by atoms with Gasteiger partial charge in [0.2, 0.25) is 0 Å². The van der Waals surface area contributed by atoms with Crippen LogP contribution < -0.4 is 0 Å². The van der Waals surface area contributed by atoms with Crippen molar-refractivity contribution < 1.29 is 19.1 Å². The Balaban J connectivity index is 2.84. The summed E-state index contributed by atoms with van der Waals surface area (Å²) >= 11 is 0. The molecule has 1 rings (SSSR count). The standard InChI is InChI=1S/C14H25NO4/c1-9(2)11-10(12(16)18-6)7-8-15(11)13(17)19-14(3,4)5/h9-11H,7-8H2,1-6H3/t10-,11-/m1/s1. The molecule has 1 saturated heterocycles. The van der Waals surface area contributed by atoms with Crippen molar-refractivity contribution in [3.8, 4) is 0 Å².